The van der Waals surface area contributed by atoms with Gasteiger partial charge in [0.2, 0.25) is 11.8 Å². The van der Waals surface area contributed by atoms with Gasteiger partial charge in [-0.15, -0.1) is 0 Å². The van der Waals surface area contributed by atoms with Crippen molar-refractivity contribution in [3.63, 3.8) is 0 Å². The Labute approximate surface area is 255 Å². The number of benzene rings is 3. The van der Waals surface area contributed by atoms with Crippen molar-refractivity contribution < 1.29 is 47.6 Å². The summed E-state index contributed by atoms with van der Waals surface area (Å²) in [5.41, 5.74) is 0.510. The van der Waals surface area contributed by atoms with E-state index < -0.39 is 54.7 Å². The van der Waals surface area contributed by atoms with Crippen molar-refractivity contribution in [2.45, 2.75) is 6.10 Å². The van der Waals surface area contributed by atoms with Gasteiger partial charge >= 0.3 is 6.03 Å². The van der Waals surface area contributed by atoms with E-state index in [0.29, 0.717) is 27.3 Å². The lowest BCUT2D eigenvalue weighted by Crippen LogP contribution is -2.61. The minimum Gasteiger partial charge on any atom is -0.493 e. The number of aliphatic hydroxyl groups excluding tert-OH is 2. The van der Waals surface area contributed by atoms with Crippen molar-refractivity contribution in [1.29, 1.82) is 0 Å². The van der Waals surface area contributed by atoms with E-state index in [-0.39, 0.29) is 29.4 Å². The quantitative estimate of drug-likeness (QED) is 0.225. The Hall–Kier alpha value is -5.34. The number of nitrogens with zero attached hydrogens (tertiary/aromatic N) is 3. The van der Waals surface area contributed by atoms with Gasteiger partial charge in [0.05, 0.1) is 44.7 Å². The number of fused-ring (bicyclic) bond motifs is 1. The highest BCUT2D eigenvalue weighted by Gasteiger charge is 2.44. The number of imide groups is 1. The third-order valence-electron chi connectivity index (χ3n) is 7.05. The highest BCUT2D eigenvalue weighted by Crippen LogP contribution is 2.37. The maximum absolute atomic E-state index is 15.2. The number of nitrogens with one attached hydrogen (secondary N) is 1. The largest absolute Gasteiger partial charge is 0.493 e. The van der Waals surface area contributed by atoms with Gasteiger partial charge in [0.15, 0.2) is 23.1 Å². The summed E-state index contributed by atoms with van der Waals surface area (Å²) in [4.78, 5) is 45.8. The summed E-state index contributed by atoms with van der Waals surface area (Å²) in [6.07, 6.45) is 0.142. The van der Waals surface area contributed by atoms with E-state index in [4.69, 9.17) is 14.2 Å². The average Bonchev–Trinajstić information content (AvgIpc) is 3.03. The van der Waals surface area contributed by atoms with Crippen molar-refractivity contribution in [1.82, 2.24) is 9.88 Å². The molecule has 0 radical (unpaired) electrons. The van der Waals surface area contributed by atoms with Gasteiger partial charge in [-0.1, -0.05) is 0 Å². The van der Waals surface area contributed by atoms with Gasteiger partial charge in [-0.2, -0.15) is 0 Å². The predicted octanol–water partition coefficient (Wildman–Crippen LogP) is 3.70. The van der Waals surface area contributed by atoms with Gasteiger partial charge in [0, 0.05) is 35.9 Å². The van der Waals surface area contributed by atoms with Crippen LogP contribution in [-0.2, 0) is 9.59 Å². The van der Waals surface area contributed by atoms with Crippen LogP contribution in [0, 0.1) is 17.6 Å². The van der Waals surface area contributed by atoms with Gasteiger partial charge in [0.1, 0.15) is 17.5 Å². The number of urea groups is 1. The zero-order valence-electron chi connectivity index (χ0n) is 24.1. The number of carbonyl (C=O) groups is 3. The van der Waals surface area contributed by atoms with Crippen LogP contribution in [0.5, 0.6) is 23.0 Å². The maximum Gasteiger partial charge on any atom is 0.331 e. The van der Waals surface area contributed by atoms with E-state index in [1.165, 1.54) is 44.7 Å². The molecular weight excluding hydrogens is 594 g/mol. The summed E-state index contributed by atoms with van der Waals surface area (Å²) in [6.45, 7) is -1.48. The molecule has 1 fully saturated rings. The molecule has 2 atom stereocenters. The summed E-state index contributed by atoms with van der Waals surface area (Å²) < 4.78 is 45.2. The van der Waals surface area contributed by atoms with E-state index in [1.54, 1.807) is 18.2 Å². The number of amides is 4. The smallest absolute Gasteiger partial charge is 0.331 e. The van der Waals surface area contributed by atoms with Crippen LogP contribution in [0.15, 0.2) is 66.9 Å². The first-order valence-electron chi connectivity index (χ1n) is 13.6. The highest BCUT2D eigenvalue weighted by molar-refractivity contribution is 6.23. The molecule has 3 N–H and O–H groups in total. The van der Waals surface area contributed by atoms with Crippen molar-refractivity contribution in [2.24, 2.45) is 5.92 Å². The lowest BCUT2D eigenvalue weighted by molar-refractivity contribution is -0.132. The molecule has 0 saturated carbocycles. The lowest BCUT2D eigenvalue weighted by atomic mass is 10.0. The number of pyridine rings is 1. The van der Waals surface area contributed by atoms with Crippen LogP contribution in [0.25, 0.3) is 10.9 Å². The molecule has 234 valence electrons. The molecule has 1 aromatic heterocycles. The molecule has 45 heavy (non-hydrogen) atoms. The van der Waals surface area contributed by atoms with E-state index in [0.717, 1.165) is 23.1 Å². The number of anilines is 2. The number of hydrogen-bond acceptors (Lipinski definition) is 9. The Balaban J connectivity index is 1.37. The third kappa shape index (κ3) is 6.46. The van der Waals surface area contributed by atoms with Gasteiger partial charge in [-0.25, -0.2) is 18.5 Å². The number of methoxy groups -OCH3 is 2. The number of ether oxygens (including phenoxy) is 3. The fraction of sp³-hybridized carbons (Fsp3) is 0.226. The molecule has 1 unspecified atom stereocenters. The van der Waals surface area contributed by atoms with Crippen molar-refractivity contribution >= 4 is 40.1 Å². The maximum atomic E-state index is 15.2. The van der Waals surface area contributed by atoms with Crippen LogP contribution in [0.3, 0.4) is 0 Å². The minimum atomic E-state index is -1.48. The summed E-state index contributed by atoms with van der Waals surface area (Å²) in [7, 11) is 2.96. The Kier molecular flexibility index (Phi) is 9.06. The molecule has 1 aliphatic heterocycles. The van der Waals surface area contributed by atoms with E-state index >= 15 is 4.39 Å². The second-order valence-electron chi connectivity index (χ2n) is 10.00. The normalized spacial score (nSPS) is 15.6. The van der Waals surface area contributed by atoms with Crippen molar-refractivity contribution in [3.05, 3.63) is 78.5 Å². The van der Waals surface area contributed by atoms with Gasteiger partial charge < -0.3 is 34.6 Å². The number of aromatic nitrogens is 1. The number of rotatable bonds is 10. The zero-order chi connectivity index (χ0) is 32.2. The van der Waals surface area contributed by atoms with Crippen LogP contribution in [-0.4, -0.2) is 78.0 Å². The summed E-state index contributed by atoms with van der Waals surface area (Å²) in [5.74, 6) is -3.70. The van der Waals surface area contributed by atoms with Crippen LogP contribution in [0.2, 0.25) is 0 Å². The average molecular weight is 623 g/mol. The summed E-state index contributed by atoms with van der Waals surface area (Å²) in [6, 6.07) is 12.1. The first-order chi connectivity index (χ1) is 21.6. The van der Waals surface area contributed by atoms with E-state index in [9.17, 15) is 29.0 Å². The SMILES string of the molecule is COc1cc2nccc(Oc3ccc(NC(=O)C4CN(C[C@H](O)CO)C(=O)N(c5ccc(F)cc5)C4=O)cc3F)c2cc1OC. The monoisotopic (exact) mass is 622 g/mol. The number of β-amino-alcohol motifs (C(OH)–C–C–N with tert-alkyl or cyclic N) is 1. The zero-order valence-corrected chi connectivity index (χ0v) is 24.1. The molecular formula is C31H28F2N4O8. The second-order valence-corrected chi connectivity index (χ2v) is 10.00. The van der Waals surface area contributed by atoms with Crippen molar-refractivity contribution in [3.8, 4) is 23.0 Å². The molecule has 5 rings (SSSR count). The van der Waals surface area contributed by atoms with E-state index in [1.807, 2.05) is 0 Å². The number of aliphatic hydroxyl groups is 2. The first-order valence-corrected chi connectivity index (χ1v) is 13.6. The second kappa shape index (κ2) is 13.1. The molecule has 4 aromatic rings. The number of carbonyl (C=O) groups excluding carboxylic acids is 3. The molecule has 2 heterocycles. The molecule has 3 aromatic carbocycles. The molecule has 14 heteroatoms. The Morgan fingerprint density at radius 2 is 1.71 bits per heavy atom. The summed E-state index contributed by atoms with van der Waals surface area (Å²) in [5, 5.41) is 22.2. The van der Waals surface area contributed by atoms with Crippen molar-refractivity contribution in [2.75, 3.05) is 44.1 Å². The number of halogens is 2. The Morgan fingerprint density at radius 3 is 2.38 bits per heavy atom. The fourth-order valence-electron chi connectivity index (χ4n) is 4.80. The molecule has 0 spiro atoms. The molecule has 0 bridgehead atoms. The molecule has 0 aliphatic carbocycles. The van der Waals surface area contributed by atoms with Gasteiger partial charge in [-0.3, -0.25) is 14.6 Å². The highest BCUT2D eigenvalue weighted by atomic mass is 19.1. The first kappa shape index (κ1) is 31.1. The van der Waals surface area contributed by atoms with Crippen LogP contribution < -0.4 is 24.4 Å². The lowest BCUT2D eigenvalue weighted by Gasteiger charge is -2.38. The molecule has 1 saturated heterocycles. The topological polar surface area (TPSA) is 151 Å². The number of hydrogen-bond donors (Lipinski definition) is 3. The van der Waals surface area contributed by atoms with Crippen LogP contribution >= 0.6 is 0 Å². The minimum absolute atomic E-state index is 0.000339. The Bertz CT molecular complexity index is 1750. The predicted molar refractivity (Wildman–Crippen MR) is 157 cm³/mol. The standard InChI is InChI=1S/C31H28F2N4O8/c1-43-27-12-21-24(13-28(27)44-2)34-10-9-25(21)45-26-8-5-18(11-23(26)33)35-29(40)22-15-36(14-20(39)16-38)31(42)37(30(22)41)19-6-3-17(32)4-7-19/h3-13,20,22,38-39H,14-16H2,1-2H3,(H,35,40)/t20-,22?/m0/s1. The third-order valence-corrected chi connectivity index (χ3v) is 7.05. The summed E-state index contributed by atoms with van der Waals surface area (Å²) >= 11 is 0. The van der Waals surface area contributed by atoms with Crippen LogP contribution in [0.4, 0.5) is 25.0 Å². The molecule has 1 aliphatic rings. The Morgan fingerprint density at radius 1 is 1.00 bits per heavy atom. The van der Waals surface area contributed by atoms with Gasteiger partial charge in [0.25, 0.3) is 0 Å². The molecule has 12 nitrogen and oxygen atoms in total. The van der Waals surface area contributed by atoms with E-state index in [2.05, 4.69) is 10.3 Å². The van der Waals surface area contributed by atoms with Crippen LogP contribution in [0.1, 0.15) is 0 Å². The van der Waals surface area contributed by atoms with Gasteiger partial charge in [-0.05, 0) is 48.5 Å². The fourth-order valence-corrected chi connectivity index (χ4v) is 4.80. The molecule has 4 amide bonds.